The van der Waals surface area contributed by atoms with E-state index in [-0.39, 0.29) is 19.4 Å². The lowest BCUT2D eigenvalue weighted by atomic mass is 10.1. The number of hydrogen-bond donors (Lipinski definition) is 2. The summed E-state index contributed by atoms with van der Waals surface area (Å²) in [7, 11) is 0. The first-order chi connectivity index (χ1) is 8.42. The molecule has 1 rings (SSSR count). The Hall–Kier alpha value is -1.88. The van der Waals surface area contributed by atoms with Gasteiger partial charge in [0.25, 0.3) is 0 Å². The second kappa shape index (κ2) is 6.65. The summed E-state index contributed by atoms with van der Waals surface area (Å²) in [5.41, 5.74) is 11.1. The zero-order valence-electron chi connectivity index (χ0n) is 10.4. The minimum atomic E-state index is -1.92. The number of nitrogens with two attached hydrogens (primary N) is 2. The molecule has 0 aliphatic rings. The Morgan fingerprint density at radius 3 is 2.59 bits per heavy atom. The summed E-state index contributed by atoms with van der Waals surface area (Å²) in [6.07, 6.45) is -0.272. The van der Waals surface area contributed by atoms with Crippen LogP contribution in [0.1, 0.15) is 19.8 Å². The SMILES string of the molecule is [2H]C(N)(CCC(=O)OCc1ccccc1)C(N)=O. The molecule has 0 bridgehead atoms. The van der Waals surface area contributed by atoms with Crippen molar-refractivity contribution in [3.05, 3.63) is 35.9 Å². The van der Waals surface area contributed by atoms with Crippen molar-refractivity contribution >= 4 is 11.9 Å². The molecule has 1 atom stereocenters. The van der Waals surface area contributed by atoms with Crippen LogP contribution in [0.3, 0.4) is 0 Å². The highest BCUT2D eigenvalue weighted by Gasteiger charge is 2.12. The van der Waals surface area contributed by atoms with Gasteiger partial charge in [-0.3, -0.25) is 9.59 Å². The van der Waals surface area contributed by atoms with Crippen molar-refractivity contribution in [3.63, 3.8) is 0 Å². The van der Waals surface area contributed by atoms with Gasteiger partial charge in [-0.1, -0.05) is 30.3 Å². The van der Waals surface area contributed by atoms with E-state index in [4.69, 9.17) is 17.6 Å². The molecule has 0 spiro atoms. The van der Waals surface area contributed by atoms with Gasteiger partial charge in [0.1, 0.15) is 6.61 Å². The van der Waals surface area contributed by atoms with E-state index < -0.39 is 17.9 Å². The van der Waals surface area contributed by atoms with Crippen LogP contribution in [0.2, 0.25) is 0 Å². The first-order valence-electron chi connectivity index (χ1n) is 5.70. The molecule has 1 aromatic rings. The fourth-order valence-corrected chi connectivity index (χ4v) is 1.17. The van der Waals surface area contributed by atoms with E-state index in [9.17, 15) is 9.59 Å². The van der Waals surface area contributed by atoms with E-state index >= 15 is 0 Å². The maximum Gasteiger partial charge on any atom is 0.306 e. The molecule has 92 valence electrons. The van der Waals surface area contributed by atoms with Crippen LogP contribution in [-0.2, 0) is 20.9 Å². The van der Waals surface area contributed by atoms with Crippen molar-refractivity contribution in [1.29, 1.82) is 0 Å². The molecule has 5 nitrogen and oxygen atoms in total. The van der Waals surface area contributed by atoms with Crippen LogP contribution >= 0.6 is 0 Å². The Morgan fingerprint density at radius 2 is 2.00 bits per heavy atom. The maximum atomic E-state index is 11.4. The van der Waals surface area contributed by atoms with Gasteiger partial charge in [-0.05, 0) is 12.0 Å². The largest absolute Gasteiger partial charge is 0.461 e. The second-order valence-electron chi connectivity index (χ2n) is 3.54. The number of hydrogen-bond acceptors (Lipinski definition) is 4. The van der Waals surface area contributed by atoms with Crippen LogP contribution in [0.4, 0.5) is 0 Å². The summed E-state index contributed by atoms with van der Waals surface area (Å²) in [6.45, 7) is 0.159. The molecule has 1 aromatic carbocycles. The Morgan fingerprint density at radius 1 is 1.35 bits per heavy atom. The summed E-state index contributed by atoms with van der Waals surface area (Å²) in [4.78, 5) is 22.1. The first kappa shape index (κ1) is 11.6. The lowest BCUT2D eigenvalue weighted by Gasteiger charge is -2.07. The van der Waals surface area contributed by atoms with Gasteiger partial charge >= 0.3 is 5.97 Å². The molecular weight excluding hydrogens is 220 g/mol. The zero-order valence-corrected chi connectivity index (χ0v) is 9.39. The summed E-state index contributed by atoms with van der Waals surface area (Å²) >= 11 is 0. The van der Waals surface area contributed by atoms with Gasteiger partial charge in [0.05, 0.1) is 7.39 Å². The first-order valence-corrected chi connectivity index (χ1v) is 5.20. The van der Waals surface area contributed by atoms with Crippen LogP contribution in [0.25, 0.3) is 0 Å². The molecule has 0 aliphatic heterocycles. The average Bonchev–Trinajstić information content (AvgIpc) is 2.35. The highest BCUT2D eigenvalue weighted by molar-refractivity contribution is 5.80. The standard InChI is InChI=1S/C12H16N2O3/c13-10(12(14)16)6-7-11(15)17-8-9-4-2-1-3-5-9/h1-5,10H,6-8,13H2,(H2,14,16)/i10D. The van der Waals surface area contributed by atoms with E-state index in [1.54, 1.807) is 0 Å². The third-order valence-electron chi connectivity index (χ3n) is 2.16. The van der Waals surface area contributed by atoms with Gasteiger partial charge in [-0.2, -0.15) is 0 Å². The van der Waals surface area contributed by atoms with Gasteiger partial charge in [0.2, 0.25) is 5.91 Å². The number of primary amides is 1. The van der Waals surface area contributed by atoms with Gasteiger partial charge in [-0.25, -0.2) is 0 Å². The molecule has 1 unspecified atom stereocenters. The molecule has 0 aromatic heterocycles. The Kier molecular flexibility index (Phi) is 4.54. The normalized spacial score (nSPS) is 14.5. The molecule has 5 heteroatoms. The van der Waals surface area contributed by atoms with Crippen molar-refractivity contribution in [2.24, 2.45) is 11.5 Å². The van der Waals surface area contributed by atoms with Crippen LogP contribution < -0.4 is 11.5 Å². The van der Waals surface area contributed by atoms with Crippen molar-refractivity contribution in [3.8, 4) is 0 Å². The Bertz CT molecular complexity index is 421. The summed E-state index contributed by atoms with van der Waals surface area (Å²) in [6, 6.07) is 7.27. The van der Waals surface area contributed by atoms with Gasteiger partial charge in [-0.15, -0.1) is 0 Å². The minimum Gasteiger partial charge on any atom is -0.461 e. The quantitative estimate of drug-likeness (QED) is 0.696. The van der Waals surface area contributed by atoms with Gasteiger partial charge in [0.15, 0.2) is 0 Å². The van der Waals surface area contributed by atoms with Crippen LogP contribution in [0.15, 0.2) is 30.3 Å². The third-order valence-corrected chi connectivity index (χ3v) is 2.16. The molecule has 0 heterocycles. The second-order valence-corrected chi connectivity index (χ2v) is 3.54. The van der Waals surface area contributed by atoms with Crippen LogP contribution in [-0.4, -0.2) is 17.9 Å². The van der Waals surface area contributed by atoms with Crippen molar-refractivity contribution in [2.75, 3.05) is 0 Å². The highest BCUT2D eigenvalue weighted by Crippen LogP contribution is 2.03. The lowest BCUT2D eigenvalue weighted by molar-refractivity contribution is -0.145. The molecule has 0 saturated heterocycles. The number of esters is 1. The Labute approximate surface area is 101 Å². The van der Waals surface area contributed by atoms with E-state index in [0.29, 0.717) is 0 Å². The van der Waals surface area contributed by atoms with Crippen molar-refractivity contribution in [2.45, 2.75) is 25.5 Å². The van der Waals surface area contributed by atoms with Gasteiger partial charge in [0, 0.05) is 6.42 Å². The number of ether oxygens (including phenoxy) is 1. The summed E-state index contributed by atoms with van der Waals surface area (Å²) in [5, 5.41) is 0. The van der Waals surface area contributed by atoms with Crippen LogP contribution in [0.5, 0.6) is 0 Å². The monoisotopic (exact) mass is 237 g/mol. The minimum absolute atomic E-state index is 0.115. The van der Waals surface area contributed by atoms with E-state index in [1.807, 2.05) is 30.3 Å². The number of rotatable bonds is 6. The maximum absolute atomic E-state index is 11.4. The molecule has 0 fully saturated rings. The molecule has 0 saturated carbocycles. The number of benzene rings is 1. The highest BCUT2D eigenvalue weighted by atomic mass is 16.5. The predicted molar refractivity (Wildman–Crippen MR) is 62.6 cm³/mol. The molecule has 17 heavy (non-hydrogen) atoms. The van der Waals surface area contributed by atoms with Gasteiger partial charge < -0.3 is 16.2 Å². The topological polar surface area (TPSA) is 95.4 Å². The predicted octanol–water partition coefficient (Wildman–Crippen LogP) is 0.323. The molecule has 0 radical (unpaired) electrons. The average molecular weight is 237 g/mol. The summed E-state index contributed by atoms with van der Waals surface area (Å²) < 4.78 is 12.3. The fourth-order valence-electron chi connectivity index (χ4n) is 1.17. The number of carbonyl (C=O) groups is 2. The molecule has 1 amide bonds. The van der Waals surface area contributed by atoms with Crippen molar-refractivity contribution in [1.82, 2.24) is 0 Å². The molecule has 0 aliphatic carbocycles. The van der Waals surface area contributed by atoms with E-state index in [1.165, 1.54) is 0 Å². The van der Waals surface area contributed by atoms with Crippen molar-refractivity contribution < 1.29 is 15.7 Å². The van der Waals surface area contributed by atoms with E-state index in [2.05, 4.69) is 0 Å². The number of amides is 1. The smallest absolute Gasteiger partial charge is 0.306 e. The third kappa shape index (κ3) is 5.12. The number of carbonyl (C=O) groups excluding carboxylic acids is 2. The fraction of sp³-hybridized carbons (Fsp3) is 0.333. The molecular formula is C12H16N2O3. The summed E-state index contributed by atoms with van der Waals surface area (Å²) in [5.74, 6) is -1.47. The Balaban J connectivity index is 2.33. The van der Waals surface area contributed by atoms with Crippen LogP contribution in [0, 0.1) is 0 Å². The molecule has 4 N–H and O–H groups in total. The zero-order chi connectivity index (χ0) is 13.6. The van der Waals surface area contributed by atoms with E-state index in [0.717, 1.165) is 5.56 Å². The lowest BCUT2D eigenvalue weighted by Crippen LogP contribution is -2.36.